The van der Waals surface area contributed by atoms with Gasteiger partial charge in [-0.2, -0.15) is 0 Å². The number of nitrogens with two attached hydrogens (primary N) is 2. The predicted molar refractivity (Wildman–Crippen MR) is 110 cm³/mol. The molecule has 15 nitrogen and oxygen atoms in total. The van der Waals surface area contributed by atoms with E-state index >= 15 is 0 Å². The number of carboxylic acid groups (broad SMARTS) is 2. The summed E-state index contributed by atoms with van der Waals surface area (Å²) in [6, 6.07) is -5.47. The number of H-pyrrole nitrogens is 1. The maximum Gasteiger partial charge on any atom is 0.326 e. The van der Waals surface area contributed by atoms with Crippen molar-refractivity contribution < 1.29 is 39.0 Å². The zero-order valence-electron chi connectivity index (χ0n) is 17.7. The molecule has 33 heavy (non-hydrogen) atoms. The summed E-state index contributed by atoms with van der Waals surface area (Å²) in [5, 5.41) is 25.1. The average molecular weight is 469 g/mol. The number of nitrogens with zero attached hydrogens (tertiary/aromatic N) is 1. The maximum absolute atomic E-state index is 12.7. The van der Waals surface area contributed by atoms with Crippen LogP contribution in [0.25, 0.3) is 0 Å². The van der Waals surface area contributed by atoms with E-state index in [4.69, 9.17) is 16.6 Å². The van der Waals surface area contributed by atoms with Crippen molar-refractivity contribution in [2.24, 2.45) is 11.5 Å². The van der Waals surface area contributed by atoms with E-state index in [0.29, 0.717) is 5.69 Å². The SMILES string of the molecule is CC(N)C(=O)NC(CCC(N)=O)C(=O)NC(CC(=O)O)C(=O)NC(Cc1cnc[nH]1)C(=O)O. The van der Waals surface area contributed by atoms with Crippen LogP contribution in [-0.2, 0) is 35.2 Å². The van der Waals surface area contributed by atoms with Crippen molar-refractivity contribution >= 4 is 35.6 Å². The third-order valence-corrected chi connectivity index (χ3v) is 4.33. The van der Waals surface area contributed by atoms with Crippen LogP contribution < -0.4 is 27.4 Å². The minimum atomic E-state index is -1.68. The molecule has 1 heterocycles. The van der Waals surface area contributed by atoms with Gasteiger partial charge in [-0.1, -0.05) is 0 Å². The molecular formula is C18H27N7O8. The van der Waals surface area contributed by atoms with E-state index in [1.54, 1.807) is 0 Å². The van der Waals surface area contributed by atoms with Crippen LogP contribution in [0.1, 0.15) is 31.9 Å². The van der Waals surface area contributed by atoms with Crippen LogP contribution in [0.5, 0.6) is 0 Å². The van der Waals surface area contributed by atoms with Gasteiger partial charge in [0, 0.05) is 24.7 Å². The van der Waals surface area contributed by atoms with Gasteiger partial charge in [0.25, 0.3) is 0 Å². The lowest BCUT2D eigenvalue weighted by atomic mass is 10.1. The number of carbonyl (C=O) groups is 6. The first-order valence-corrected chi connectivity index (χ1v) is 9.77. The number of amides is 4. The Labute approximate surface area is 187 Å². The molecule has 0 aliphatic rings. The zero-order chi connectivity index (χ0) is 25.1. The van der Waals surface area contributed by atoms with Gasteiger partial charge < -0.3 is 42.6 Å². The van der Waals surface area contributed by atoms with Gasteiger partial charge in [0.15, 0.2) is 0 Å². The highest BCUT2D eigenvalue weighted by molar-refractivity contribution is 5.95. The number of primary amides is 1. The monoisotopic (exact) mass is 469 g/mol. The van der Waals surface area contributed by atoms with Crippen LogP contribution in [0.15, 0.2) is 12.5 Å². The molecule has 1 aromatic rings. The quantitative estimate of drug-likeness (QED) is 0.134. The molecular weight excluding hydrogens is 442 g/mol. The lowest BCUT2D eigenvalue weighted by Crippen LogP contribution is -2.57. The second-order valence-corrected chi connectivity index (χ2v) is 7.19. The van der Waals surface area contributed by atoms with Crippen LogP contribution in [0.3, 0.4) is 0 Å². The Morgan fingerprint density at radius 1 is 1.00 bits per heavy atom. The van der Waals surface area contributed by atoms with Crippen molar-refractivity contribution in [2.75, 3.05) is 0 Å². The molecule has 15 heteroatoms. The van der Waals surface area contributed by atoms with Crippen molar-refractivity contribution in [3.63, 3.8) is 0 Å². The van der Waals surface area contributed by atoms with Gasteiger partial charge >= 0.3 is 11.9 Å². The van der Waals surface area contributed by atoms with Gasteiger partial charge in [-0.25, -0.2) is 9.78 Å². The number of nitrogens with one attached hydrogen (secondary N) is 4. The number of carboxylic acids is 2. The number of hydrogen-bond donors (Lipinski definition) is 8. The largest absolute Gasteiger partial charge is 0.481 e. The molecule has 4 amide bonds. The molecule has 0 saturated carbocycles. The van der Waals surface area contributed by atoms with Gasteiger partial charge in [-0.3, -0.25) is 24.0 Å². The van der Waals surface area contributed by atoms with E-state index < -0.39 is 66.2 Å². The summed E-state index contributed by atoms with van der Waals surface area (Å²) in [5.41, 5.74) is 10.9. The molecule has 0 aromatic carbocycles. The fourth-order valence-electron chi connectivity index (χ4n) is 2.60. The van der Waals surface area contributed by atoms with Crippen molar-refractivity contribution in [3.05, 3.63) is 18.2 Å². The third-order valence-electron chi connectivity index (χ3n) is 4.33. The topological polar surface area (TPSA) is 260 Å². The van der Waals surface area contributed by atoms with Crippen LogP contribution in [-0.4, -0.2) is 79.9 Å². The molecule has 0 bridgehead atoms. The van der Waals surface area contributed by atoms with E-state index in [-0.39, 0.29) is 19.3 Å². The van der Waals surface area contributed by atoms with Gasteiger partial charge in [0.05, 0.1) is 18.8 Å². The molecule has 182 valence electrons. The summed E-state index contributed by atoms with van der Waals surface area (Å²) in [5.74, 6) is -6.40. The number of rotatable bonds is 14. The Kier molecular flexibility index (Phi) is 10.4. The van der Waals surface area contributed by atoms with Crippen molar-refractivity contribution in [1.82, 2.24) is 25.9 Å². The number of imidazole rings is 1. The van der Waals surface area contributed by atoms with Gasteiger partial charge in [0.2, 0.25) is 23.6 Å². The molecule has 0 radical (unpaired) electrons. The normalized spacial score (nSPS) is 14.2. The Morgan fingerprint density at radius 3 is 2.06 bits per heavy atom. The number of aromatic amines is 1. The minimum absolute atomic E-state index is 0.180. The number of aliphatic carboxylic acids is 2. The zero-order valence-corrected chi connectivity index (χ0v) is 17.7. The summed E-state index contributed by atoms with van der Waals surface area (Å²) in [4.78, 5) is 77.4. The number of hydrogen-bond acceptors (Lipinski definition) is 8. The molecule has 0 aliphatic heterocycles. The van der Waals surface area contributed by atoms with E-state index in [0.717, 1.165) is 0 Å². The first kappa shape index (κ1) is 27.0. The number of carbonyl (C=O) groups excluding carboxylic acids is 4. The van der Waals surface area contributed by atoms with Crippen LogP contribution >= 0.6 is 0 Å². The summed E-state index contributed by atoms with van der Waals surface area (Å²) in [6.45, 7) is 1.35. The highest BCUT2D eigenvalue weighted by Gasteiger charge is 2.31. The van der Waals surface area contributed by atoms with E-state index in [1.165, 1.54) is 19.4 Å². The summed E-state index contributed by atoms with van der Waals surface area (Å²) in [6.07, 6.45) is 1.07. The lowest BCUT2D eigenvalue weighted by Gasteiger charge is -2.24. The Bertz CT molecular complexity index is 871. The molecule has 1 rings (SSSR count). The van der Waals surface area contributed by atoms with Crippen LogP contribution in [0.4, 0.5) is 0 Å². The number of aromatic nitrogens is 2. The van der Waals surface area contributed by atoms with Crippen molar-refractivity contribution in [3.8, 4) is 0 Å². The Balaban J connectivity index is 2.98. The smallest absolute Gasteiger partial charge is 0.326 e. The van der Waals surface area contributed by atoms with Crippen LogP contribution in [0.2, 0.25) is 0 Å². The summed E-state index contributed by atoms with van der Waals surface area (Å²) in [7, 11) is 0. The van der Waals surface area contributed by atoms with Gasteiger partial charge in [0.1, 0.15) is 18.1 Å². The second kappa shape index (κ2) is 12.7. The van der Waals surface area contributed by atoms with Crippen LogP contribution in [0, 0.1) is 0 Å². The Morgan fingerprint density at radius 2 is 1.58 bits per heavy atom. The molecule has 10 N–H and O–H groups in total. The summed E-state index contributed by atoms with van der Waals surface area (Å²) >= 11 is 0. The standard InChI is InChI=1S/C18H27N7O8/c1-8(19)15(29)23-10(2-3-13(20)26)16(30)24-11(5-14(27)28)17(31)25-12(18(32)33)4-9-6-21-7-22-9/h6-8,10-12H,2-5,19H2,1H3,(H2,20,26)(H,21,22)(H,23,29)(H,24,30)(H,25,31)(H,27,28)(H,32,33). The molecule has 4 atom stereocenters. The van der Waals surface area contributed by atoms with E-state index in [2.05, 4.69) is 25.9 Å². The molecule has 0 fully saturated rings. The lowest BCUT2D eigenvalue weighted by molar-refractivity contribution is -0.143. The average Bonchev–Trinajstić information content (AvgIpc) is 3.22. The fourth-order valence-corrected chi connectivity index (χ4v) is 2.60. The second-order valence-electron chi connectivity index (χ2n) is 7.19. The van der Waals surface area contributed by atoms with Crippen molar-refractivity contribution in [2.45, 2.75) is 56.8 Å². The first-order valence-electron chi connectivity index (χ1n) is 9.77. The minimum Gasteiger partial charge on any atom is -0.481 e. The fraction of sp³-hybridized carbons (Fsp3) is 0.500. The van der Waals surface area contributed by atoms with Gasteiger partial charge in [-0.05, 0) is 13.3 Å². The van der Waals surface area contributed by atoms with E-state index in [1.807, 2.05) is 0 Å². The molecule has 0 saturated heterocycles. The highest BCUT2D eigenvalue weighted by atomic mass is 16.4. The molecule has 0 aliphatic carbocycles. The van der Waals surface area contributed by atoms with Crippen molar-refractivity contribution in [1.29, 1.82) is 0 Å². The molecule has 0 spiro atoms. The van der Waals surface area contributed by atoms with Gasteiger partial charge in [-0.15, -0.1) is 0 Å². The van der Waals surface area contributed by atoms with E-state index in [9.17, 15) is 33.9 Å². The molecule has 4 unspecified atom stereocenters. The Hall–Kier alpha value is -4.01. The predicted octanol–water partition coefficient (Wildman–Crippen LogP) is -3.42. The molecule has 1 aromatic heterocycles. The third kappa shape index (κ3) is 9.77. The maximum atomic E-state index is 12.7. The highest BCUT2D eigenvalue weighted by Crippen LogP contribution is 2.04. The summed E-state index contributed by atoms with van der Waals surface area (Å²) < 4.78 is 0. The first-order chi connectivity index (χ1) is 15.4.